The monoisotopic (exact) mass is 283 g/mol. The second-order valence-corrected chi connectivity index (χ2v) is 7.80. The topological polar surface area (TPSA) is 29.1 Å². The van der Waals surface area contributed by atoms with E-state index in [9.17, 15) is 9.18 Å². The fourth-order valence-corrected chi connectivity index (χ4v) is 2.62. The maximum absolute atomic E-state index is 13.9. The molecule has 0 fully saturated rings. The maximum Gasteiger partial charge on any atom is 0.255 e. The van der Waals surface area contributed by atoms with Crippen LogP contribution in [0.15, 0.2) is 23.1 Å². The Bertz CT molecular complexity index is 452. The maximum atomic E-state index is 13.9. The zero-order valence-electron chi connectivity index (χ0n) is 12.2. The summed E-state index contributed by atoms with van der Waals surface area (Å²) in [6.07, 6.45) is 0. The van der Waals surface area contributed by atoms with Crippen molar-refractivity contribution in [1.29, 1.82) is 0 Å². The van der Waals surface area contributed by atoms with E-state index in [1.165, 1.54) is 17.8 Å². The summed E-state index contributed by atoms with van der Waals surface area (Å²) in [7, 11) is 0. The van der Waals surface area contributed by atoms with Gasteiger partial charge in [-0.2, -0.15) is 0 Å². The minimum atomic E-state index is -0.462. The number of rotatable bonds is 4. The Hall–Kier alpha value is -1.03. The molecule has 19 heavy (non-hydrogen) atoms. The lowest BCUT2D eigenvalue weighted by molar-refractivity contribution is 0.0942. The highest BCUT2D eigenvalue weighted by atomic mass is 32.2. The van der Waals surface area contributed by atoms with Gasteiger partial charge in [-0.3, -0.25) is 4.79 Å². The fourth-order valence-electron chi connectivity index (χ4n) is 1.52. The molecule has 0 aliphatic heterocycles. The minimum absolute atomic E-state index is 0.0686. The number of nitrogens with one attached hydrogen (secondary N) is 1. The van der Waals surface area contributed by atoms with Crippen LogP contribution < -0.4 is 5.32 Å². The summed E-state index contributed by atoms with van der Waals surface area (Å²) in [4.78, 5) is 12.8. The van der Waals surface area contributed by atoms with Crippen molar-refractivity contribution in [3.8, 4) is 0 Å². The van der Waals surface area contributed by atoms with Crippen molar-refractivity contribution in [2.75, 3.05) is 6.54 Å². The van der Waals surface area contributed by atoms with Gasteiger partial charge in [-0.1, -0.05) is 40.7 Å². The largest absolute Gasteiger partial charge is 0.352 e. The molecule has 0 heterocycles. The highest BCUT2D eigenvalue weighted by Gasteiger charge is 2.21. The molecule has 1 N–H and O–H groups in total. The Kier molecular flexibility index (Phi) is 5.41. The van der Waals surface area contributed by atoms with Crippen LogP contribution in [0.2, 0.25) is 0 Å². The summed E-state index contributed by atoms with van der Waals surface area (Å²) < 4.78 is 13.9. The van der Waals surface area contributed by atoms with Gasteiger partial charge in [0.05, 0.1) is 5.56 Å². The van der Waals surface area contributed by atoms with E-state index in [1.807, 2.05) is 34.6 Å². The molecule has 1 rings (SSSR count). The van der Waals surface area contributed by atoms with Gasteiger partial charge in [-0.15, -0.1) is 11.8 Å². The van der Waals surface area contributed by atoms with Gasteiger partial charge in [0.1, 0.15) is 5.82 Å². The first kappa shape index (κ1) is 16.0. The van der Waals surface area contributed by atoms with Gasteiger partial charge in [0.25, 0.3) is 5.91 Å². The molecule has 2 nitrogen and oxygen atoms in total. The molecule has 1 amide bonds. The first-order chi connectivity index (χ1) is 8.70. The highest BCUT2D eigenvalue weighted by Crippen LogP contribution is 2.34. The van der Waals surface area contributed by atoms with Crippen LogP contribution in [0.1, 0.15) is 45.0 Å². The third-order valence-corrected chi connectivity index (χ3v) is 3.46. The zero-order valence-corrected chi connectivity index (χ0v) is 13.0. The van der Waals surface area contributed by atoms with Gasteiger partial charge in [0.15, 0.2) is 0 Å². The average Bonchev–Trinajstić information content (AvgIpc) is 2.24. The van der Waals surface area contributed by atoms with E-state index in [2.05, 4.69) is 5.32 Å². The predicted molar refractivity (Wildman–Crippen MR) is 79.2 cm³/mol. The van der Waals surface area contributed by atoms with Crippen LogP contribution in [0.4, 0.5) is 4.39 Å². The van der Waals surface area contributed by atoms with E-state index < -0.39 is 5.82 Å². The summed E-state index contributed by atoms with van der Waals surface area (Å²) in [5.41, 5.74) is 0.156. The molecular formula is C15H22FNOS. The molecule has 1 aromatic carbocycles. The molecule has 0 aromatic heterocycles. The quantitative estimate of drug-likeness (QED) is 0.843. The second kappa shape index (κ2) is 6.42. The zero-order chi connectivity index (χ0) is 14.6. The van der Waals surface area contributed by atoms with Gasteiger partial charge in [0.2, 0.25) is 0 Å². The number of benzene rings is 1. The van der Waals surface area contributed by atoms with Crippen molar-refractivity contribution in [2.24, 2.45) is 5.92 Å². The first-order valence-corrected chi connectivity index (χ1v) is 7.28. The molecule has 0 unspecified atom stereocenters. The Morgan fingerprint density at radius 2 is 2.00 bits per heavy atom. The molecule has 4 heteroatoms. The van der Waals surface area contributed by atoms with Crippen LogP contribution in [0.5, 0.6) is 0 Å². The molecular weight excluding hydrogens is 261 g/mol. The van der Waals surface area contributed by atoms with Crippen molar-refractivity contribution in [3.05, 3.63) is 29.6 Å². The van der Waals surface area contributed by atoms with Crippen molar-refractivity contribution in [1.82, 2.24) is 5.32 Å². The number of carbonyl (C=O) groups excluding carboxylic acids is 1. The van der Waals surface area contributed by atoms with E-state index >= 15 is 0 Å². The fraction of sp³-hybridized carbons (Fsp3) is 0.533. The van der Waals surface area contributed by atoms with Crippen LogP contribution in [0, 0.1) is 11.7 Å². The van der Waals surface area contributed by atoms with Crippen LogP contribution in [-0.4, -0.2) is 17.2 Å². The highest BCUT2D eigenvalue weighted by molar-refractivity contribution is 8.00. The third-order valence-electron chi connectivity index (χ3n) is 2.29. The van der Waals surface area contributed by atoms with E-state index in [0.29, 0.717) is 17.4 Å². The Labute approximate surface area is 119 Å². The number of amides is 1. The summed E-state index contributed by atoms with van der Waals surface area (Å²) in [5.74, 6) is -0.455. The number of halogens is 1. The molecule has 0 atom stereocenters. The molecule has 106 valence electrons. The SMILES string of the molecule is CC(C)CNC(=O)c1c(F)cccc1SC(C)(C)C. The molecule has 0 saturated carbocycles. The van der Waals surface area contributed by atoms with E-state index in [0.717, 1.165) is 0 Å². The normalized spacial score (nSPS) is 11.7. The second-order valence-electron chi connectivity index (χ2n) is 5.93. The van der Waals surface area contributed by atoms with Gasteiger partial charge >= 0.3 is 0 Å². The lowest BCUT2D eigenvalue weighted by atomic mass is 10.1. The molecule has 0 saturated heterocycles. The lowest BCUT2D eigenvalue weighted by Gasteiger charge is -2.20. The summed E-state index contributed by atoms with van der Waals surface area (Å²) in [6, 6.07) is 4.77. The first-order valence-electron chi connectivity index (χ1n) is 6.46. The number of thioether (sulfide) groups is 1. The summed E-state index contributed by atoms with van der Waals surface area (Å²) >= 11 is 1.50. The van der Waals surface area contributed by atoms with Crippen molar-refractivity contribution in [2.45, 2.75) is 44.3 Å². The van der Waals surface area contributed by atoms with Crippen LogP contribution in [0.25, 0.3) is 0 Å². The number of carbonyl (C=O) groups is 1. The number of hydrogen-bond donors (Lipinski definition) is 1. The van der Waals surface area contributed by atoms with Crippen molar-refractivity contribution < 1.29 is 9.18 Å². The van der Waals surface area contributed by atoms with Crippen LogP contribution in [-0.2, 0) is 0 Å². The van der Waals surface area contributed by atoms with Gasteiger partial charge < -0.3 is 5.32 Å². The van der Waals surface area contributed by atoms with Crippen LogP contribution >= 0.6 is 11.8 Å². The summed E-state index contributed by atoms with van der Waals surface area (Å²) in [5, 5.41) is 2.77. The van der Waals surface area contributed by atoms with Gasteiger partial charge in [0, 0.05) is 16.2 Å². The minimum Gasteiger partial charge on any atom is -0.352 e. The smallest absolute Gasteiger partial charge is 0.255 e. The standard InChI is InChI=1S/C15H22FNOS/c1-10(2)9-17-14(18)13-11(16)7-6-8-12(13)19-15(3,4)5/h6-8,10H,9H2,1-5H3,(H,17,18). The average molecular weight is 283 g/mol. The van der Waals surface area contributed by atoms with E-state index in [4.69, 9.17) is 0 Å². The molecule has 0 aliphatic rings. The van der Waals surface area contributed by atoms with Crippen molar-refractivity contribution >= 4 is 17.7 Å². The Morgan fingerprint density at radius 3 is 2.53 bits per heavy atom. The Balaban J connectivity index is 3.01. The van der Waals surface area contributed by atoms with E-state index in [-0.39, 0.29) is 16.2 Å². The van der Waals surface area contributed by atoms with E-state index in [1.54, 1.807) is 12.1 Å². The van der Waals surface area contributed by atoms with Gasteiger partial charge in [-0.05, 0) is 18.1 Å². The van der Waals surface area contributed by atoms with Crippen molar-refractivity contribution in [3.63, 3.8) is 0 Å². The third kappa shape index (κ3) is 5.23. The molecule has 1 aromatic rings. The molecule has 0 aliphatic carbocycles. The Morgan fingerprint density at radius 1 is 1.37 bits per heavy atom. The van der Waals surface area contributed by atoms with Gasteiger partial charge in [-0.25, -0.2) is 4.39 Å². The number of hydrogen-bond acceptors (Lipinski definition) is 2. The molecule has 0 radical (unpaired) electrons. The molecule has 0 bridgehead atoms. The van der Waals surface area contributed by atoms with Crippen LogP contribution in [0.3, 0.4) is 0 Å². The molecule has 0 spiro atoms. The predicted octanol–water partition coefficient (Wildman–Crippen LogP) is 4.10. The lowest BCUT2D eigenvalue weighted by Crippen LogP contribution is -2.28. The summed E-state index contributed by atoms with van der Waals surface area (Å²) in [6.45, 7) is 10.7.